The van der Waals surface area contributed by atoms with Crippen LogP contribution < -0.4 is 10.6 Å². The molecule has 178 valence electrons. The van der Waals surface area contributed by atoms with Gasteiger partial charge < -0.3 is 10.6 Å². The highest BCUT2D eigenvalue weighted by Gasteiger charge is 2.28. The summed E-state index contributed by atoms with van der Waals surface area (Å²) >= 11 is 1.61. The summed E-state index contributed by atoms with van der Waals surface area (Å²) in [5, 5.41) is 7.03. The summed E-state index contributed by atoms with van der Waals surface area (Å²) in [6, 6.07) is 8.45. The second-order valence-corrected chi connectivity index (χ2v) is 10.4. The van der Waals surface area contributed by atoms with E-state index in [0.29, 0.717) is 18.2 Å². The number of amides is 2. The highest BCUT2D eigenvalue weighted by Crippen LogP contribution is 2.38. The van der Waals surface area contributed by atoms with Crippen LogP contribution in [0.5, 0.6) is 0 Å². The molecule has 33 heavy (non-hydrogen) atoms. The fraction of sp³-hybridized carbons (Fsp3) is 0.556. The van der Waals surface area contributed by atoms with E-state index in [1.807, 2.05) is 18.2 Å². The number of anilines is 2. The Hall–Kier alpha value is -2.18. The molecule has 1 fully saturated rings. The second kappa shape index (κ2) is 11.3. The van der Waals surface area contributed by atoms with Crippen LogP contribution in [0.4, 0.5) is 10.7 Å². The van der Waals surface area contributed by atoms with E-state index in [-0.39, 0.29) is 11.8 Å². The van der Waals surface area contributed by atoms with Gasteiger partial charge in [-0.15, -0.1) is 11.3 Å². The molecule has 1 saturated heterocycles. The number of benzene rings is 1. The number of carbonyl (C=O) groups is 2. The molecule has 2 aliphatic rings. The monoisotopic (exact) mass is 467 g/mol. The lowest BCUT2D eigenvalue weighted by Crippen LogP contribution is -2.43. The minimum Gasteiger partial charge on any atom is -0.322 e. The maximum atomic E-state index is 13.6. The molecule has 1 atom stereocenters. The molecule has 2 heterocycles. The molecular weight excluding hydrogens is 430 g/mol. The van der Waals surface area contributed by atoms with Crippen molar-refractivity contribution >= 4 is 33.8 Å². The number of hydrogen-bond donors (Lipinski definition) is 2. The first-order valence-corrected chi connectivity index (χ1v) is 13.5. The lowest BCUT2D eigenvalue weighted by Gasteiger charge is -2.34. The van der Waals surface area contributed by atoms with Crippen LogP contribution in [0.15, 0.2) is 24.3 Å². The van der Waals surface area contributed by atoms with Crippen molar-refractivity contribution in [3.05, 3.63) is 45.8 Å². The molecule has 1 aliphatic carbocycles. The highest BCUT2D eigenvalue weighted by molar-refractivity contribution is 7.17. The van der Waals surface area contributed by atoms with Crippen LogP contribution in [-0.4, -0.2) is 35.8 Å². The number of thiophene rings is 1. The zero-order chi connectivity index (χ0) is 23.2. The van der Waals surface area contributed by atoms with Gasteiger partial charge in [-0.3, -0.25) is 14.5 Å². The molecule has 2 amide bonds. The fourth-order valence-electron chi connectivity index (χ4n) is 5.29. The normalized spacial score (nSPS) is 18.9. The summed E-state index contributed by atoms with van der Waals surface area (Å²) in [4.78, 5) is 30.2. The van der Waals surface area contributed by atoms with Crippen LogP contribution in [-0.2, 0) is 24.1 Å². The van der Waals surface area contributed by atoms with Gasteiger partial charge in [-0.05, 0) is 75.1 Å². The molecule has 0 spiro atoms. The summed E-state index contributed by atoms with van der Waals surface area (Å²) in [6.45, 7) is 5.68. The number of para-hydroxylation sites is 1. The van der Waals surface area contributed by atoms with Crippen LogP contribution in [0.2, 0.25) is 0 Å². The van der Waals surface area contributed by atoms with Gasteiger partial charge in [0.15, 0.2) is 0 Å². The average Bonchev–Trinajstić information content (AvgIpc) is 2.99. The van der Waals surface area contributed by atoms with E-state index in [2.05, 4.69) is 35.4 Å². The molecule has 0 radical (unpaired) electrons. The predicted octanol–water partition coefficient (Wildman–Crippen LogP) is 6.03. The van der Waals surface area contributed by atoms with Gasteiger partial charge in [-0.2, -0.15) is 0 Å². The van der Waals surface area contributed by atoms with Crippen molar-refractivity contribution in [1.29, 1.82) is 0 Å². The van der Waals surface area contributed by atoms with Crippen molar-refractivity contribution < 1.29 is 9.59 Å². The Morgan fingerprint density at radius 3 is 2.67 bits per heavy atom. The lowest BCUT2D eigenvalue weighted by atomic mass is 10.00. The van der Waals surface area contributed by atoms with Gasteiger partial charge in [0.2, 0.25) is 5.91 Å². The molecule has 2 N–H and O–H groups in total. The molecule has 1 aliphatic heterocycles. The van der Waals surface area contributed by atoms with Gasteiger partial charge >= 0.3 is 0 Å². The number of fused-ring (bicyclic) bond motifs is 1. The quantitative estimate of drug-likeness (QED) is 0.488. The van der Waals surface area contributed by atoms with E-state index < -0.39 is 0 Å². The largest absolute Gasteiger partial charge is 0.322 e. The topological polar surface area (TPSA) is 61.4 Å². The standard InChI is InChI=1S/C27H37N3O2S/c1-3-19-12-8-9-15-22(19)28-26(32)25-21-14-6-5-7-16-23(21)33-27(25)29-24(31)18-30-17-11-10-13-20(30)4-2/h8-9,12,15,20H,3-7,10-11,13-14,16-18H2,1-2H3,(H,28,32)(H,29,31)/t20-/m1/s1. The average molecular weight is 468 g/mol. The number of nitrogens with zero attached hydrogens (tertiary/aromatic N) is 1. The van der Waals surface area contributed by atoms with E-state index in [1.54, 1.807) is 11.3 Å². The Morgan fingerprint density at radius 1 is 1.03 bits per heavy atom. The molecule has 1 aromatic carbocycles. The fourth-order valence-corrected chi connectivity index (χ4v) is 6.59. The van der Waals surface area contributed by atoms with E-state index in [9.17, 15) is 9.59 Å². The predicted molar refractivity (Wildman–Crippen MR) is 137 cm³/mol. The van der Waals surface area contributed by atoms with Crippen molar-refractivity contribution in [1.82, 2.24) is 4.90 Å². The Morgan fingerprint density at radius 2 is 1.85 bits per heavy atom. The molecule has 0 bridgehead atoms. The summed E-state index contributed by atoms with van der Waals surface area (Å²) in [7, 11) is 0. The summed E-state index contributed by atoms with van der Waals surface area (Å²) in [6.07, 6.45) is 10.8. The van der Waals surface area contributed by atoms with Crippen LogP contribution in [0.1, 0.15) is 85.2 Å². The summed E-state index contributed by atoms with van der Waals surface area (Å²) < 4.78 is 0. The van der Waals surface area contributed by atoms with Gasteiger partial charge in [0.1, 0.15) is 5.00 Å². The number of nitrogens with one attached hydrogen (secondary N) is 2. The van der Waals surface area contributed by atoms with Crippen molar-refractivity contribution in [3.8, 4) is 0 Å². The minimum atomic E-state index is -0.102. The van der Waals surface area contributed by atoms with Gasteiger partial charge in [-0.1, -0.05) is 44.9 Å². The molecule has 1 aromatic heterocycles. The molecule has 6 heteroatoms. The Kier molecular flexibility index (Phi) is 8.20. The molecule has 0 unspecified atom stereocenters. The molecule has 4 rings (SSSR count). The number of piperidine rings is 1. The third-order valence-electron chi connectivity index (χ3n) is 7.11. The zero-order valence-electron chi connectivity index (χ0n) is 20.0. The first-order chi connectivity index (χ1) is 16.1. The maximum Gasteiger partial charge on any atom is 0.258 e. The number of hydrogen-bond acceptors (Lipinski definition) is 4. The second-order valence-electron chi connectivity index (χ2n) is 9.31. The number of rotatable bonds is 7. The van der Waals surface area contributed by atoms with Crippen molar-refractivity contribution in [3.63, 3.8) is 0 Å². The third-order valence-corrected chi connectivity index (χ3v) is 8.32. The van der Waals surface area contributed by atoms with Gasteiger partial charge in [0.25, 0.3) is 5.91 Å². The minimum absolute atomic E-state index is 0.00484. The van der Waals surface area contributed by atoms with Crippen LogP contribution in [0.3, 0.4) is 0 Å². The van der Waals surface area contributed by atoms with Crippen molar-refractivity contribution in [2.45, 2.75) is 84.1 Å². The Bertz CT molecular complexity index is 984. The summed E-state index contributed by atoms with van der Waals surface area (Å²) in [5.74, 6) is -0.107. The van der Waals surface area contributed by atoms with Gasteiger partial charge in [-0.25, -0.2) is 0 Å². The van der Waals surface area contributed by atoms with E-state index >= 15 is 0 Å². The maximum absolute atomic E-state index is 13.6. The van der Waals surface area contributed by atoms with Gasteiger partial charge in [0.05, 0.1) is 12.1 Å². The number of aryl methyl sites for hydroxylation is 2. The SMILES string of the molecule is CCc1ccccc1NC(=O)c1c(NC(=O)CN2CCCC[C@H]2CC)sc2c1CCCCC2. The first-order valence-electron chi connectivity index (χ1n) is 12.7. The van der Waals surface area contributed by atoms with Crippen LogP contribution >= 0.6 is 11.3 Å². The van der Waals surface area contributed by atoms with Crippen molar-refractivity contribution in [2.24, 2.45) is 0 Å². The van der Waals surface area contributed by atoms with Crippen LogP contribution in [0, 0.1) is 0 Å². The Balaban J connectivity index is 1.57. The summed E-state index contributed by atoms with van der Waals surface area (Å²) in [5.41, 5.74) is 3.80. The highest BCUT2D eigenvalue weighted by atomic mass is 32.1. The molecule has 5 nitrogen and oxygen atoms in total. The molecular formula is C27H37N3O2S. The Labute approximate surface area is 202 Å². The molecule has 2 aromatic rings. The van der Waals surface area contributed by atoms with E-state index in [0.717, 1.165) is 73.3 Å². The third kappa shape index (κ3) is 5.67. The number of likely N-dealkylation sites (tertiary alicyclic amines) is 1. The number of carbonyl (C=O) groups excluding carboxylic acids is 2. The smallest absolute Gasteiger partial charge is 0.258 e. The van der Waals surface area contributed by atoms with E-state index in [1.165, 1.54) is 24.1 Å². The first kappa shape index (κ1) is 24.0. The molecule has 0 saturated carbocycles. The van der Waals surface area contributed by atoms with Gasteiger partial charge in [0, 0.05) is 16.6 Å². The lowest BCUT2D eigenvalue weighted by molar-refractivity contribution is -0.118. The van der Waals surface area contributed by atoms with E-state index in [4.69, 9.17) is 0 Å². The zero-order valence-corrected chi connectivity index (χ0v) is 20.9. The van der Waals surface area contributed by atoms with Crippen molar-refractivity contribution in [2.75, 3.05) is 23.7 Å². The van der Waals surface area contributed by atoms with Crippen LogP contribution in [0.25, 0.3) is 0 Å².